The van der Waals surface area contributed by atoms with Crippen LogP contribution in [0.5, 0.6) is 0 Å². The van der Waals surface area contributed by atoms with Crippen molar-refractivity contribution in [2.45, 2.75) is 111 Å². The first kappa shape index (κ1) is 31.1. The molecule has 0 aliphatic rings. The predicted molar refractivity (Wildman–Crippen MR) is 142 cm³/mol. The molecule has 0 spiro atoms. The van der Waals surface area contributed by atoms with Gasteiger partial charge in [0.25, 0.3) is 0 Å². The first-order valence-corrected chi connectivity index (χ1v) is 25.2. The molecule has 0 aromatic heterocycles. The number of carbonyl (C=O) groups excluding carboxylic acids is 1. The fraction of sp³-hybridized carbons (Fsp3) is 0.850. The Balaban J connectivity index is 5.87. The van der Waals surface area contributed by atoms with E-state index in [0.717, 1.165) is 12.8 Å². The van der Waals surface area contributed by atoms with Crippen molar-refractivity contribution in [1.29, 1.82) is 0 Å². The monoisotopic (exact) mass is 524 g/mol. The van der Waals surface area contributed by atoms with Gasteiger partial charge in [0.05, 0.1) is 0 Å². The summed E-state index contributed by atoms with van der Waals surface area (Å²) in [5.74, 6) is -0.415. The van der Waals surface area contributed by atoms with E-state index in [9.17, 15) is 4.79 Å². The van der Waals surface area contributed by atoms with Crippen LogP contribution >= 0.6 is 0 Å². The van der Waals surface area contributed by atoms with Crippen molar-refractivity contribution in [2.75, 3.05) is 0 Å². The van der Waals surface area contributed by atoms with Crippen LogP contribution in [0, 0.1) is 0 Å². The molecule has 0 saturated heterocycles. The van der Waals surface area contributed by atoms with Crippen LogP contribution in [0.4, 0.5) is 0 Å². The predicted octanol–water partition coefficient (Wildman–Crippen LogP) is 6.76. The number of hydrogen-bond donors (Lipinski definition) is 0. The Morgan fingerprint density at radius 3 is 1.42 bits per heavy atom. The highest BCUT2D eigenvalue weighted by atomic mass is 28.5. The van der Waals surface area contributed by atoms with E-state index in [-0.39, 0.29) is 11.1 Å². The zero-order valence-electron chi connectivity index (χ0n) is 22.3. The summed E-state index contributed by atoms with van der Waals surface area (Å²) in [6.07, 6.45) is 2.97. The Morgan fingerprint density at radius 1 is 0.742 bits per heavy atom. The molecule has 0 aliphatic carbocycles. The number of hydrogen-bond acceptors (Lipinski definition) is 6. The van der Waals surface area contributed by atoms with Crippen molar-refractivity contribution in [3.8, 4) is 0 Å². The molecule has 31 heavy (non-hydrogen) atoms. The van der Waals surface area contributed by atoms with Crippen LogP contribution in [-0.2, 0) is 25.7 Å². The summed E-state index contributed by atoms with van der Waals surface area (Å²) in [7, 11) is -12.3. The van der Waals surface area contributed by atoms with Gasteiger partial charge in [0.2, 0.25) is 0 Å². The van der Waals surface area contributed by atoms with Crippen LogP contribution < -0.4 is 0 Å². The van der Waals surface area contributed by atoms with Crippen molar-refractivity contribution < 1.29 is 25.7 Å². The zero-order valence-corrected chi connectivity index (χ0v) is 27.3. The third-order valence-electron chi connectivity index (χ3n) is 4.97. The Hall–Kier alpha value is 0.134. The van der Waals surface area contributed by atoms with E-state index in [2.05, 4.69) is 80.1 Å². The number of carbonyl (C=O) groups is 1. The fourth-order valence-electron chi connectivity index (χ4n) is 4.04. The Bertz CT molecular complexity index is 593. The molecule has 184 valence electrons. The molecular weight excluding hydrogens is 477 g/mol. The van der Waals surface area contributed by atoms with E-state index >= 15 is 0 Å². The first-order chi connectivity index (χ1) is 13.7. The summed E-state index contributed by atoms with van der Waals surface area (Å²) >= 11 is 0. The minimum Gasteiger partial charge on any atom is -0.491 e. The highest BCUT2D eigenvalue weighted by Gasteiger charge is 2.55. The lowest BCUT2D eigenvalue weighted by Crippen LogP contribution is -2.62. The van der Waals surface area contributed by atoms with Gasteiger partial charge in [0.1, 0.15) is 0 Å². The van der Waals surface area contributed by atoms with Gasteiger partial charge in [-0.2, -0.15) is 0 Å². The standard InChI is InChI=1S/C20H48O6Si5/c1-15-18(4)31(19(5)16-2,22-20(21)17-3)26-30(13,14)25-29(11,12)24-28(9,10)23-27(6,7)8/h17-19H,3,15-16H2,1-2,4-14H3. The molecular formula is C20H48O6Si5. The van der Waals surface area contributed by atoms with Crippen LogP contribution in [-0.4, -0.2) is 48.5 Å². The minimum atomic E-state index is -2.95. The van der Waals surface area contributed by atoms with Crippen molar-refractivity contribution in [3.63, 3.8) is 0 Å². The average Bonchev–Trinajstić information content (AvgIpc) is 2.54. The van der Waals surface area contributed by atoms with Crippen molar-refractivity contribution in [3.05, 3.63) is 12.7 Å². The molecule has 0 radical (unpaired) electrons. The third-order valence-corrected chi connectivity index (χ3v) is 24.6. The van der Waals surface area contributed by atoms with E-state index in [1.54, 1.807) is 0 Å². The summed E-state index contributed by atoms with van der Waals surface area (Å²) < 4.78 is 32.5. The molecule has 0 amide bonds. The average molecular weight is 525 g/mol. The van der Waals surface area contributed by atoms with Gasteiger partial charge >= 0.3 is 40.2 Å². The van der Waals surface area contributed by atoms with Crippen LogP contribution in [0.25, 0.3) is 0 Å². The summed E-state index contributed by atoms with van der Waals surface area (Å²) in [5.41, 5.74) is 0.266. The van der Waals surface area contributed by atoms with Crippen LogP contribution in [0.1, 0.15) is 40.5 Å². The SMILES string of the molecule is C=CC(=O)O[Si](O[Si](C)(C)O[Si](C)(C)O[Si](C)(C)O[Si](C)(C)C)(C(C)CC)C(C)CC. The lowest BCUT2D eigenvalue weighted by Gasteiger charge is -2.45. The topological polar surface area (TPSA) is 63.2 Å². The van der Waals surface area contributed by atoms with Gasteiger partial charge in [-0.1, -0.05) is 47.1 Å². The quantitative estimate of drug-likeness (QED) is 0.185. The van der Waals surface area contributed by atoms with E-state index in [1.165, 1.54) is 6.08 Å². The van der Waals surface area contributed by atoms with Gasteiger partial charge in [-0.3, -0.25) is 0 Å². The Labute approximate surface area is 197 Å². The van der Waals surface area contributed by atoms with E-state index in [0.29, 0.717) is 0 Å². The lowest BCUT2D eigenvalue weighted by molar-refractivity contribution is -0.131. The lowest BCUT2D eigenvalue weighted by atomic mass is 10.4. The van der Waals surface area contributed by atoms with Gasteiger partial charge in [0, 0.05) is 17.2 Å². The van der Waals surface area contributed by atoms with Gasteiger partial charge in [-0.25, -0.2) is 4.79 Å². The molecule has 0 rings (SSSR count). The maximum atomic E-state index is 12.3. The maximum Gasteiger partial charge on any atom is 0.398 e. The van der Waals surface area contributed by atoms with E-state index < -0.39 is 48.5 Å². The van der Waals surface area contributed by atoms with E-state index in [4.69, 9.17) is 20.9 Å². The van der Waals surface area contributed by atoms with E-state index in [1.807, 2.05) is 13.1 Å². The Kier molecular flexibility index (Phi) is 11.6. The van der Waals surface area contributed by atoms with Crippen molar-refractivity contribution in [2.24, 2.45) is 0 Å². The molecule has 0 saturated carbocycles. The molecule has 0 N–H and O–H groups in total. The number of rotatable bonds is 14. The molecule has 6 nitrogen and oxygen atoms in total. The van der Waals surface area contributed by atoms with Gasteiger partial charge in [-0.05, 0) is 58.9 Å². The molecule has 0 aromatic carbocycles. The fourth-order valence-corrected chi connectivity index (χ4v) is 28.8. The van der Waals surface area contributed by atoms with Crippen LogP contribution in [0.3, 0.4) is 0 Å². The second kappa shape index (κ2) is 11.5. The van der Waals surface area contributed by atoms with Gasteiger partial charge in [0.15, 0.2) is 8.32 Å². The second-order valence-corrected chi connectivity index (χ2v) is 30.2. The molecule has 11 heteroatoms. The second-order valence-electron chi connectivity index (χ2n) is 10.7. The minimum absolute atomic E-state index is 0.133. The highest BCUT2D eigenvalue weighted by molar-refractivity contribution is 6.90. The molecule has 0 bridgehead atoms. The maximum absolute atomic E-state index is 12.3. The molecule has 0 aromatic rings. The van der Waals surface area contributed by atoms with Crippen LogP contribution in [0.2, 0.25) is 70.0 Å². The molecule has 0 heterocycles. The summed E-state index contributed by atoms with van der Waals surface area (Å²) in [6, 6.07) is 0. The smallest absolute Gasteiger partial charge is 0.398 e. The zero-order chi connectivity index (χ0) is 24.9. The van der Waals surface area contributed by atoms with Crippen molar-refractivity contribution >= 4 is 48.5 Å². The van der Waals surface area contributed by atoms with Crippen molar-refractivity contribution in [1.82, 2.24) is 0 Å². The summed E-state index contributed by atoms with van der Waals surface area (Å²) in [4.78, 5) is 12.3. The normalized spacial score (nSPS) is 17.6. The van der Waals surface area contributed by atoms with Gasteiger partial charge in [-0.15, -0.1) is 0 Å². The summed E-state index contributed by atoms with van der Waals surface area (Å²) in [5, 5.41) is 0. The largest absolute Gasteiger partial charge is 0.491 e. The molecule has 0 fully saturated rings. The first-order valence-electron chi connectivity index (χ1n) is 11.4. The van der Waals surface area contributed by atoms with Gasteiger partial charge < -0.3 is 20.9 Å². The highest BCUT2D eigenvalue weighted by Crippen LogP contribution is 2.41. The Morgan fingerprint density at radius 2 is 1.10 bits per heavy atom. The molecule has 2 unspecified atom stereocenters. The van der Waals surface area contributed by atoms with Crippen LogP contribution in [0.15, 0.2) is 12.7 Å². The summed E-state index contributed by atoms with van der Waals surface area (Å²) in [6.45, 7) is 30.9. The molecule has 0 aliphatic heterocycles. The third kappa shape index (κ3) is 10.7. The molecule has 2 atom stereocenters.